The van der Waals surface area contributed by atoms with Crippen molar-refractivity contribution < 1.29 is 13.9 Å². The Balaban J connectivity index is 0.00000300. The quantitative estimate of drug-likeness (QED) is 0.277. The summed E-state index contributed by atoms with van der Waals surface area (Å²) in [7, 11) is 3.33. The van der Waals surface area contributed by atoms with Crippen LogP contribution in [0.25, 0.3) is 11.5 Å². The van der Waals surface area contributed by atoms with Crippen LogP contribution in [0.3, 0.4) is 0 Å². The molecule has 2 aromatic carbocycles. The van der Waals surface area contributed by atoms with Crippen LogP contribution in [0.2, 0.25) is 0 Å². The third-order valence-corrected chi connectivity index (χ3v) is 3.96. The summed E-state index contributed by atoms with van der Waals surface area (Å²) in [6, 6.07) is 15.4. The molecule has 154 valence electrons. The average molecular weight is 508 g/mol. The number of halogens is 1. The standard InChI is InChI=1S/C21H24N4O3.HI/c1-4-27-19-12-16(10-11-18(19)26-3)25-21(22-2)23-13-17-14-28-20(24-17)15-8-6-5-7-9-15;/h5-12,14H,4,13H2,1-3H3,(H2,22,23,25);1H. The minimum absolute atomic E-state index is 0. The fourth-order valence-corrected chi connectivity index (χ4v) is 2.61. The van der Waals surface area contributed by atoms with Crippen molar-refractivity contribution in [2.75, 3.05) is 26.1 Å². The number of aliphatic imine (C=N–C) groups is 1. The minimum Gasteiger partial charge on any atom is -0.493 e. The highest BCUT2D eigenvalue weighted by atomic mass is 127. The fraction of sp³-hybridized carbons (Fsp3) is 0.238. The van der Waals surface area contributed by atoms with Crippen LogP contribution in [0.15, 0.2) is 64.2 Å². The van der Waals surface area contributed by atoms with Crippen LogP contribution < -0.4 is 20.1 Å². The first-order valence-corrected chi connectivity index (χ1v) is 9.01. The molecule has 0 unspecified atom stereocenters. The zero-order valence-corrected chi connectivity index (χ0v) is 19.0. The van der Waals surface area contributed by atoms with Crippen LogP contribution in [0.1, 0.15) is 12.6 Å². The highest BCUT2D eigenvalue weighted by Gasteiger charge is 2.09. The molecule has 0 saturated heterocycles. The number of nitrogens with one attached hydrogen (secondary N) is 2. The second-order valence-electron chi connectivity index (χ2n) is 5.86. The van der Waals surface area contributed by atoms with Gasteiger partial charge in [-0.2, -0.15) is 0 Å². The molecule has 0 spiro atoms. The average Bonchev–Trinajstić information content (AvgIpc) is 3.21. The number of methoxy groups -OCH3 is 1. The molecule has 0 aliphatic rings. The van der Waals surface area contributed by atoms with Gasteiger partial charge in [-0.05, 0) is 31.2 Å². The second kappa shape index (κ2) is 11.3. The first kappa shape index (κ1) is 22.5. The molecule has 0 bridgehead atoms. The summed E-state index contributed by atoms with van der Waals surface area (Å²) in [5.41, 5.74) is 2.56. The molecule has 0 saturated carbocycles. The Bertz CT molecular complexity index is 929. The largest absolute Gasteiger partial charge is 0.493 e. The molecule has 3 aromatic rings. The highest BCUT2D eigenvalue weighted by molar-refractivity contribution is 14.0. The van der Waals surface area contributed by atoms with Crippen molar-refractivity contribution in [3.8, 4) is 23.0 Å². The molecule has 0 amide bonds. The van der Waals surface area contributed by atoms with Crippen LogP contribution >= 0.6 is 24.0 Å². The van der Waals surface area contributed by atoms with Crippen LogP contribution in [0.5, 0.6) is 11.5 Å². The molecule has 7 nitrogen and oxygen atoms in total. The molecule has 29 heavy (non-hydrogen) atoms. The van der Waals surface area contributed by atoms with Gasteiger partial charge in [0.05, 0.1) is 26.0 Å². The van der Waals surface area contributed by atoms with Gasteiger partial charge in [0, 0.05) is 24.4 Å². The normalized spacial score (nSPS) is 10.8. The van der Waals surface area contributed by atoms with Crippen LogP contribution in [0.4, 0.5) is 5.69 Å². The van der Waals surface area contributed by atoms with E-state index in [1.807, 2.05) is 55.5 Å². The maximum atomic E-state index is 5.61. The minimum atomic E-state index is 0. The van der Waals surface area contributed by atoms with E-state index in [0.29, 0.717) is 36.5 Å². The number of hydrogen-bond donors (Lipinski definition) is 2. The number of aromatic nitrogens is 1. The summed E-state index contributed by atoms with van der Waals surface area (Å²) in [5.74, 6) is 2.56. The molecule has 0 aliphatic carbocycles. The van der Waals surface area contributed by atoms with E-state index in [-0.39, 0.29) is 24.0 Å². The smallest absolute Gasteiger partial charge is 0.226 e. The number of rotatable bonds is 7. The number of benzene rings is 2. The zero-order valence-electron chi connectivity index (χ0n) is 16.6. The maximum absolute atomic E-state index is 5.61. The second-order valence-corrected chi connectivity index (χ2v) is 5.86. The Kier molecular flexibility index (Phi) is 8.78. The SMILES string of the molecule is CCOc1cc(NC(=NC)NCc2coc(-c3ccccc3)n2)ccc1OC.I. The molecule has 8 heteroatoms. The first-order valence-electron chi connectivity index (χ1n) is 9.01. The third kappa shape index (κ3) is 6.11. The molecule has 0 fully saturated rings. The molecule has 1 heterocycles. The Labute approximate surface area is 187 Å². The fourth-order valence-electron chi connectivity index (χ4n) is 2.61. The van der Waals surface area contributed by atoms with E-state index >= 15 is 0 Å². The van der Waals surface area contributed by atoms with Gasteiger partial charge in [-0.1, -0.05) is 18.2 Å². The predicted octanol–water partition coefficient (Wildman–Crippen LogP) is 4.55. The van der Waals surface area contributed by atoms with Crippen molar-refractivity contribution in [2.24, 2.45) is 4.99 Å². The number of oxazole rings is 1. The summed E-state index contributed by atoms with van der Waals surface area (Å²) in [4.78, 5) is 8.75. The van der Waals surface area contributed by atoms with Crippen LogP contribution in [0, 0.1) is 0 Å². The lowest BCUT2D eigenvalue weighted by Gasteiger charge is -2.14. The van der Waals surface area contributed by atoms with E-state index in [9.17, 15) is 0 Å². The van der Waals surface area contributed by atoms with Gasteiger partial charge in [-0.3, -0.25) is 4.99 Å². The van der Waals surface area contributed by atoms with E-state index in [1.54, 1.807) is 20.4 Å². The lowest BCUT2D eigenvalue weighted by molar-refractivity contribution is 0.311. The van der Waals surface area contributed by atoms with Crippen molar-refractivity contribution in [1.29, 1.82) is 0 Å². The summed E-state index contributed by atoms with van der Waals surface area (Å²) >= 11 is 0. The topological polar surface area (TPSA) is 80.9 Å². The van der Waals surface area contributed by atoms with E-state index in [0.717, 1.165) is 16.9 Å². The number of nitrogens with zero attached hydrogens (tertiary/aromatic N) is 2. The van der Waals surface area contributed by atoms with Crippen molar-refractivity contribution >= 4 is 35.6 Å². The molecular weight excluding hydrogens is 483 g/mol. The van der Waals surface area contributed by atoms with Gasteiger partial charge in [0.25, 0.3) is 0 Å². The molecule has 1 aromatic heterocycles. The lowest BCUT2D eigenvalue weighted by atomic mass is 10.2. The maximum Gasteiger partial charge on any atom is 0.226 e. The number of anilines is 1. The van der Waals surface area contributed by atoms with E-state index in [2.05, 4.69) is 20.6 Å². The summed E-state index contributed by atoms with van der Waals surface area (Å²) in [6.45, 7) is 2.97. The van der Waals surface area contributed by atoms with Gasteiger partial charge in [-0.15, -0.1) is 24.0 Å². The van der Waals surface area contributed by atoms with Gasteiger partial charge < -0.3 is 24.5 Å². The molecule has 0 aliphatic heterocycles. The molecule has 0 atom stereocenters. The Morgan fingerprint density at radius 2 is 1.93 bits per heavy atom. The highest BCUT2D eigenvalue weighted by Crippen LogP contribution is 2.30. The summed E-state index contributed by atoms with van der Waals surface area (Å²) in [5, 5.41) is 6.46. The monoisotopic (exact) mass is 508 g/mol. The van der Waals surface area contributed by atoms with Crippen LogP contribution in [-0.4, -0.2) is 31.7 Å². The Morgan fingerprint density at radius 3 is 2.62 bits per heavy atom. The van der Waals surface area contributed by atoms with Crippen molar-refractivity contribution in [1.82, 2.24) is 10.3 Å². The van der Waals surface area contributed by atoms with E-state index in [1.165, 1.54) is 0 Å². The molecular formula is C21H25IN4O3. The summed E-state index contributed by atoms with van der Waals surface area (Å²) < 4.78 is 16.5. The van der Waals surface area contributed by atoms with Gasteiger partial charge >= 0.3 is 0 Å². The summed E-state index contributed by atoms with van der Waals surface area (Å²) in [6.07, 6.45) is 1.64. The van der Waals surface area contributed by atoms with Gasteiger partial charge in [-0.25, -0.2) is 4.98 Å². The molecule has 0 radical (unpaired) electrons. The number of hydrogen-bond acceptors (Lipinski definition) is 5. The third-order valence-electron chi connectivity index (χ3n) is 3.96. The number of guanidine groups is 1. The van der Waals surface area contributed by atoms with Crippen molar-refractivity contribution in [3.05, 3.63) is 60.5 Å². The lowest BCUT2D eigenvalue weighted by Crippen LogP contribution is -2.30. The first-order chi connectivity index (χ1) is 13.7. The Hall–Kier alpha value is -2.75. The van der Waals surface area contributed by atoms with Gasteiger partial charge in [0.1, 0.15) is 6.26 Å². The predicted molar refractivity (Wildman–Crippen MR) is 125 cm³/mol. The molecule has 3 rings (SSSR count). The van der Waals surface area contributed by atoms with E-state index < -0.39 is 0 Å². The molecule has 2 N–H and O–H groups in total. The van der Waals surface area contributed by atoms with Crippen LogP contribution in [-0.2, 0) is 6.54 Å². The zero-order chi connectivity index (χ0) is 19.8. The van der Waals surface area contributed by atoms with Crippen molar-refractivity contribution in [3.63, 3.8) is 0 Å². The van der Waals surface area contributed by atoms with Gasteiger partial charge in [0.2, 0.25) is 5.89 Å². The Morgan fingerprint density at radius 1 is 1.14 bits per heavy atom. The van der Waals surface area contributed by atoms with E-state index in [4.69, 9.17) is 13.9 Å². The van der Waals surface area contributed by atoms with Crippen molar-refractivity contribution in [2.45, 2.75) is 13.5 Å². The van der Waals surface area contributed by atoms with Gasteiger partial charge in [0.15, 0.2) is 17.5 Å². The number of ether oxygens (including phenoxy) is 2.